The van der Waals surface area contributed by atoms with Gasteiger partial charge in [0.05, 0.1) is 6.04 Å². The molecule has 7 nitrogen and oxygen atoms in total. The van der Waals surface area contributed by atoms with Crippen molar-refractivity contribution in [2.75, 3.05) is 6.54 Å². The van der Waals surface area contributed by atoms with Gasteiger partial charge in [0.15, 0.2) is 17.5 Å². The minimum atomic E-state index is 0.0739. The Balaban J connectivity index is 1.73. The van der Waals surface area contributed by atoms with Crippen LogP contribution in [-0.2, 0) is 6.54 Å². The molecule has 3 heterocycles. The van der Waals surface area contributed by atoms with Crippen LogP contribution in [0, 0.1) is 0 Å². The molecule has 2 aromatic rings. The number of hydrogen-bond acceptors (Lipinski definition) is 6. The van der Waals surface area contributed by atoms with Crippen LogP contribution in [0.5, 0.6) is 0 Å². The molecule has 2 aromatic heterocycles. The Morgan fingerprint density at radius 3 is 2.95 bits per heavy atom. The molecule has 0 unspecified atom stereocenters. The van der Waals surface area contributed by atoms with Crippen molar-refractivity contribution in [3.05, 3.63) is 18.0 Å². The maximum atomic E-state index is 5.91. The van der Waals surface area contributed by atoms with Crippen LogP contribution in [0.25, 0.3) is 11.5 Å². The first-order valence-electron chi connectivity index (χ1n) is 6.64. The molecule has 0 spiro atoms. The average molecular weight is 260 g/mol. The highest BCUT2D eigenvalue weighted by atomic mass is 16.3. The van der Waals surface area contributed by atoms with Gasteiger partial charge in [-0.15, -0.1) is 10.2 Å². The van der Waals surface area contributed by atoms with Crippen LogP contribution in [0.1, 0.15) is 43.4 Å². The second kappa shape index (κ2) is 3.88. The molecule has 1 aliphatic heterocycles. The molecule has 0 bridgehead atoms. The summed E-state index contributed by atoms with van der Waals surface area (Å²) in [5.74, 6) is 8.92. The lowest BCUT2D eigenvalue weighted by Crippen LogP contribution is -2.41. The van der Waals surface area contributed by atoms with Gasteiger partial charge < -0.3 is 8.98 Å². The number of nitrogens with zero attached hydrogens (tertiary/aromatic N) is 5. The molecule has 0 saturated heterocycles. The largest absolute Gasteiger partial charge is 0.448 e. The molecule has 0 aromatic carbocycles. The third-order valence-corrected chi connectivity index (χ3v) is 3.91. The molecule has 1 fully saturated rings. The van der Waals surface area contributed by atoms with Crippen molar-refractivity contribution in [2.45, 2.75) is 38.3 Å². The van der Waals surface area contributed by atoms with E-state index in [-0.39, 0.29) is 6.04 Å². The highest BCUT2D eigenvalue weighted by Crippen LogP contribution is 2.40. The van der Waals surface area contributed by atoms with E-state index < -0.39 is 0 Å². The number of hydrogen-bond donors (Lipinski definition) is 1. The monoisotopic (exact) mass is 260 g/mol. The van der Waals surface area contributed by atoms with Crippen molar-refractivity contribution >= 4 is 0 Å². The van der Waals surface area contributed by atoms with Gasteiger partial charge in [0.2, 0.25) is 0 Å². The molecule has 2 N–H and O–H groups in total. The normalized spacial score (nSPS) is 23.6. The summed E-state index contributed by atoms with van der Waals surface area (Å²) in [5, 5.41) is 10.3. The fourth-order valence-corrected chi connectivity index (χ4v) is 2.50. The predicted octanol–water partition coefficient (Wildman–Crippen LogP) is 1.06. The lowest BCUT2D eigenvalue weighted by atomic mass is 10.2. The van der Waals surface area contributed by atoms with E-state index in [1.54, 1.807) is 11.3 Å². The Hall–Kier alpha value is -1.73. The van der Waals surface area contributed by atoms with E-state index in [4.69, 9.17) is 10.3 Å². The first-order chi connectivity index (χ1) is 9.24. The van der Waals surface area contributed by atoms with Crippen molar-refractivity contribution in [1.82, 2.24) is 24.8 Å². The van der Waals surface area contributed by atoms with Crippen molar-refractivity contribution in [1.29, 1.82) is 0 Å². The number of fused-ring (bicyclic) bond motifs is 1. The zero-order chi connectivity index (χ0) is 13.0. The number of aromatic nitrogens is 4. The van der Waals surface area contributed by atoms with Crippen LogP contribution in [0.15, 0.2) is 10.7 Å². The van der Waals surface area contributed by atoms with E-state index in [1.165, 1.54) is 12.8 Å². The van der Waals surface area contributed by atoms with E-state index in [0.29, 0.717) is 5.92 Å². The summed E-state index contributed by atoms with van der Waals surface area (Å²) < 4.78 is 7.61. The Morgan fingerprint density at radius 2 is 2.16 bits per heavy atom. The van der Waals surface area contributed by atoms with Gasteiger partial charge in [0, 0.05) is 19.0 Å². The maximum absolute atomic E-state index is 5.91. The van der Waals surface area contributed by atoms with Gasteiger partial charge in [-0.05, 0) is 19.8 Å². The van der Waals surface area contributed by atoms with E-state index >= 15 is 0 Å². The Bertz CT molecular complexity index is 614. The maximum Gasteiger partial charge on any atom is 0.197 e. The van der Waals surface area contributed by atoms with Crippen molar-refractivity contribution in [3.63, 3.8) is 0 Å². The summed E-state index contributed by atoms with van der Waals surface area (Å²) in [5.41, 5.74) is 0.776. The van der Waals surface area contributed by atoms with Crippen molar-refractivity contribution < 1.29 is 4.42 Å². The van der Waals surface area contributed by atoms with Crippen LogP contribution in [0.3, 0.4) is 0 Å². The number of hydrazine groups is 1. The second-order valence-corrected chi connectivity index (χ2v) is 5.29. The van der Waals surface area contributed by atoms with Gasteiger partial charge in [0.1, 0.15) is 12.0 Å². The van der Waals surface area contributed by atoms with Crippen LogP contribution < -0.4 is 5.84 Å². The highest BCUT2D eigenvalue weighted by Gasteiger charge is 2.31. The minimum Gasteiger partial charge on any atom is -0.448 e. The molecule has 100 valence electrons. The number of nitrogens with two attached hydrogens (primary N) is 1. The summed E-state index contributed by atoms with van der Waals surface area (Å²) in [7, 11) is 0. The standard InChI is InChI=1S/C12H16N6O/c1-7-10-15-16-11(17(10)4-5-18(7)13)9-6-19-12(14-9)8-2-3-8/h6-8H,2-5,13H2,1H3/t7-/m1/s1. The SMILES string of the molecule is C[C@@H]1c2nnc(-c3coc(C4CC4)n3)n2CCN1N. The van der Waals surface area contributed by atoms with E-state index in [9.17, 15) is 0 Å². The zero-order valence-corrected chi connectivity index (χ0v) is 10.8. The summed E-state index contributed by atoms with van der Waals surface area (Å²) in [4.78, 5) is 4.53. The van der Waals surface area contributed by atoms with E-state index in [0.717, 1.165) is 36.3 Å². The molecule has 4 rings (SSSR count). The first kappa shape index (κ1) is 11.1. The number of rotatable bonds is 2. The van der Waals surface area contributed by atoms with Gasteiger partial charge in [-0.2, -0.15) is 0 Å². The zero-order valence-electron chi connectivity index (χ0n) is 10.8. The third kappa shape index (κ3) is 1.69. The van der Waals surface area contributed by atoms with Crippen molar-refractivity contribution in [3.8, 4) is 11.5 Å². The fraction of sp³-hybridized carbons (Fsp3) is 0.583. The van der Waals surface area contributed by atoms with Crippen LogP contribution in [-0.4, -0.2) is 31.3 Å². The van der Waals surface area contributed by atoms with Gasteiger partial charge in [-0.25, -0.2) is 9.99 Å². The van der Waals surface area contributed by atoms with Gasteiger partial charge in [-0.1, -0.05) is 0 Å². The molecule has 1 saturated carbocycles. The molecule has 2 aliphatic rings. The number of oxazole rings is 1. The smallest absolute Gasteiger partial charge is 0.197 e. The minimum absolute atomic E-state index is 0.0739. The van der Waals surface area contributed by atoms with Crippen LogP contribution in [0.2, 0.25) is 0 Å². The van der Waals surface area contributed by atoms with Gasteiger partial charge in [-0.3, -0.25) is 5.84 Å². The molecule has 7 heteroatoms. The molecule has 1 atom stereocenters. The summed E-state index contributed by atoms with van der Waals surface area (Å²) in [6.07, 6.45) is 4.04. The highest BCUT2D eigenvalue weighted by molar-refractivity contribution is 5.48. The van der Waals surface area contributed by atoms with Gasteiger partial charge in [0.25, 0.3) is 0 Å². The van der Waals surface area contributed by atoms with Gasteiger partial charge >= 0.3 is 0 Å². The molecular formula is C12H16N6O. The summed E-state index contributed by atoms with van der Waals surface area (Å²) >= 11 is 0. The predicted molar refractivity (Wildman–Crippen MR) is 66.8 cm³/mol. The Morgan fingerprint density at radius 1 is 1.32 bits per heavy atom. The molecule has 1 aliphatic carbocycles. The second-order valence-electron chi connectivity index (χ2n) is 5.29. The van der Waals surface area contributed by atoms with E-state index in [2.05, 4.69) is 19.7 Å². The average Bonchev–Trinajstić information content (AvgIpc) is 3.00. The summed E-state index contributed by atoms with van der Waals surface area (Å²) in [6, 6.07) is 0.0739. The molecular weight excluding hydrogens is 244 g/mol. The summed E-state index contributed by atoms with van der Waals surface area (Å²) in [6.45, 7) is 3.60. The topological polar surface area (TPSA) is 86.0 Å². The van der Waals surface area contributed by atoms with Crippen LogP contribution in [0.4, 0.5) is 0 Å². The Labute approximate surface area is 110 Å². The molecule has 19 heavy (non-hydrogen) atoms. The first-order valence-corrected chi connectivity index (χ1v) is 6.64. The van der Waals surface area contributed by atoms with Crippen LogP contribution >= 0.6 is 0 Å². The Kier molecular flexibility index (Phi) is 2.27. The quantitative estimate of drug-likeness (QED) is 0.812. The lowest BCUT2D eigenvalue weighted by Gasteiger charge is -2.29. The molecule has 0 amide bonds. The lowest BCUT2D eigenvalue weighted by molar-refractivity contribution is 0.168. The third-order valence-electron chi connectivity index (χ3n) is 3.91. The molecule has 0 radical (unpaired) electrons. The fourth-order valence-electron chi connectivity index (χ4n) is 2.50. The van der Waals surface area contributed by atoms with E-state index in [1.807, 2.05) is 6.92 Å². The van der Waals surface area contributed by atoms with Crippen molar-refractivity contribution in [2.24, 2.45) is 5.84 Å².